The van der Waals surface area contributed by atoms with Gasteiger partial charge in [-0.1, -0.05) is 115 Å². The Morgan fingerprint density at radius 3 is 1.73 bits per heavy atom. The fourth-order valence-corrected chi connectivity index (χ4v) is 6.40. The van der Waals surface area contributed by atoms with Crippen LogP contribution in [0.5, 0.6) is 11.5 Å². The molecule has 210 valence electrons. The van der Waals surface area contributed by atoms with Crippen LogP contribution in [0.25, 0.3) is 77.7 Å². The summed E-state index contributed by atoms with van der Waals surface area (Å²) in [5.74, 6) is 2.45. The molecule has 7 aromatic carbocycles. The summed E-state index contributed by atoms with van der Waals surface area (Å²) in [5.41, 5.74) is 9.47. The van der Waals surface area contributed by atoms with Gasteiger partial charge in [0, 0.05) is 27.6 Å². The maximum absolute atomic E-state index is 6.37. The van der Waals surface area contributed by atoms with E-state index >= 15 is 0 Å². The van der Waals surface area contributed by atoms with Gasteiger partial charge >= 0.3 is 0 Å². The van der Waals surface area contributed by atoms with E-state index in [9.17, 15) is 0 Å². The zero-order valence-electron chi connectivity index (χ0n) is 24.3. The highest BCUT2D eigenvalue weighted by molar-refractivity contribution is 6.04. The second kappa shape index (κ2) is 10.3. The van der Waals surface area contributed by atoms with Gasteiger partial charge in [0.25, 0.3) is 0 Å². The van der Waals surface area contributed by atoms with E-state index in [-0.39, 0.29) is 0 Å². The third-order valence-electron chi connectivity index (χ3n) is 8.65. The highest BCUT2D eigenvalue weighted by Crippen LogP contribution is 2.47. The van der Waals surface area contributed by atoms with E-state index in [1.165, 1.54) is 32.8 Å². The van der Waals surface area contributed by atoms with Gasteiger partial charge < -0.3 is 4.74 Å². The first-order valence-electron chi connectivity index (χ1n) is 15.2. The minimum Gasteiger partial charge on any atom is -0.456 e. The van der Waals surface area contributed by atoms with Crippen molar-refractivity contribution in [3.63, 3.8) is 0 Å². The molecule has 0 fully saturated rings. The van der Waals surface area contributed by atoms with E-state index in [0.29, 0.717) is 5.82 Å². The molecule has 0 atom stereocenters. The molecule has 0 saturated heterocycles. The number of hydrogen-bond donors (Lipinski definition) is 0. The maximum atomic E-state index is 6.37. The molecule has 0 bridgehead atoms. The van der Waals surface area contributed by atoms with E-state index < -0.39 is 0 Å². The molecule has 1 aliphatic rings. The molecule has 45 heavy (non-hydrogen) atoms. The lowest BCUT2D eigenvalue weighted by molar-refractivity contribution is 0.487. The minimum atomic E-state index is 0.698. The third kappa shape index (κ3) is 4.45. The molecule has 3 nitrogen and oxygen atoms in total. The number of aromatic nitrogens is 2. The van der Waals surface area contributed by atoms with Gasteiger partial charge in [-0.3, -0.25) is 0 Å². The molecule has 0 amide bonds. The van der Waals surface area contributed by atoms with Crippen LogP contribution in [-0.4, -0.2) is 9.97 Å². The quantitative estimate of drug-likeness (QED) is 0.210. The molecule has 8 aromatic rings. The van der Waals surface area contributed by atoms with Crippen molar-refractivity contribution in [1.29, 1.82) is 0 Å². The number of rotatable bonds is 4. The predicted molar refractivity (Wildman–Crippen MR) is 184 cm³/mol. The van der Waals surface area contributed by atoms with Gasteiger partial charge in [-0.2, -0.15) is 0 Å². The molecule has 0 aliphatic carbocycles. The van der Waals surface area contributed by atoms with E-state index in [2.05, 4.69) is 121 Å². The van der Waals surface area contributed by atoms with Crippen molar-refractivity contribution >= 4 is 21.5 Å². The van der Waals surface area contributed by atoms with Gasteiger partial charge in [0.15, 0.2) is 5.82 Å². The Hall–Kier alpha value is -6.06. The van der Waals surface area contributed by atoms with Crippen molar-refractivity contribution < 1.29 is 4.74 Å². The average molecular weight is 575 g/mol. The predicted octanol–water partition coefficient (Wildman–Crippen LogP) is 11.2. The molecule has 0 spiro atoms. The summed E-state index contributed by atoms with van der Waals surface area (Å²) in [6.07, 6.45) is 0. The Morgan fingerprint density at radius 2 is 0.978 bits per heavy atom. The van der Waals surface area contributed by atoms with Gasteiger partial charge in [-0.05, 0) is 75.3 Å². The minimum absolute atomic E-state index is 0.698. The highest BCUT2D eigenvalue weighted by Gasteiger charge is 2.21. The van der Waals surface area contributed by atoms with Crippen molar-refractivity contribution in [1.82, 2.24) is 9.97 Å². The van der Waals surface area contributed by atoms with Crippen molar-refractivity contribution in [2.45, 2.75) is 0 Å². The second-order valence-electron chi connectivity index (χ2n) is 11.4. The van der Waals surface area contributed by atoms with E-state index in [4.69, 9.17) is 14.7 Å². The molecular formula is C42H26N2O. The van der Waals surface area contributed by atoms with Crippen LogP contribution in [0, 0.1) is 0 Å². The van der Waals surface area contributed by atoms with E-state index in [0.717, 1.165) is 50.5 Å². The van der Waals surface area contributed by atoms with Crippen LogP contribution >= 0.6 is 0 Å². The molecule has 1 aliphatic heterocycles. The van der Waals surface area contributed by atoms with Crippen LogP contribution in [0.2, 0.25) is 0 Å². The van der Waals surface area contributed by atoms with Crippen molar-refractivity contribution in [3.05, 3.63) is 158 Å². The summed E-state index contributed by atoms with van der Waals surface area (Å²) < 4.78 is 6.37. The first-order chi connectivity index (χ1) is 22.3. The van der Waals surface area contributed by atoms with Gasteiger partial charge in [0.05, 0.1) is 11.4 Å². The average Bonchev–Trinajstić information content (AvgIpc) is 3.12. The van der Waals surface area contributed by atoms with Gasteiger partial charge in [-0.25, -0.2) is 9.97 Å². The van der Waals surface area contributed by atoms with Gasteiger partial charge in [0.1, 0.15) is 11.5 Å². The fraction of sp³-hybridized carbons (Fsp3) is 0. The topological polar surface area (TPSA) is 35.0 Å². The molecule has 0 radical (unpaired) electrons. The Bertz CT molecular complexity index is 2390. The number of benzene rings is 7. The third-order valence-corrected chi connectivity index (χ3v) is 8.65. The van der Waals surface area contributed by atoms with Gasteiger partial charge in [-0.15, -0.1) is 0 Å². The highest BCUT2D eigenvalue weighted by atomic mass is 16.5. The Morgan fingerprint density at radius 1 is 0.356 bits per heavy atom. The lowest BCUT2D eigenvalue weighted by Gasteiger charge is -2.22. The number of fused-ring (bicyclic) bond motifs is 3. The molecule has 9 rings (SSSR count). The first-order valence-corrected chi connectivity index (χ1v) is 15.2. The summed E-state index contributed by atoms with van der Waals surface area (Å²) in [4.78, 5) is 10.2. The fourth-order valence-electron chi connectivity index (χ4n) is 6.40. The van der Waals surface area contributed by atoms with Crippen molar-refractivity contribution in [3.8, 4) is 67.7 Å². The normalized spacial score (nSPS) is 11.7. The largest absolute Gasteiger partial charge is 0.456 e. The Balaban J connectivity index is 1.18. The summed E-state index contributed by atoms with van der Waals surface area (Å²) in [7, 11) is 0. The maximum Gasteiger partial charge on any atom is 0.160 e. The van der Waals surface area contributed by atoms with Crippen molar-refractivity contribution in [2.24, 2.45) is 0 Å². The summed E-state index contributed by atoms with van der Waals surface area (Å²) in [5, 5.41) is 4.68. The smallest absolute Gasteiger partial charge is 0.160 e. The van der Waals surface area contributed by atoms with E-state index in [1.54, 1.807) is 0 Å². The first kappa shape index (κ1) is 25.4. The second-order valence-corrected chi connectivity index (χ2v) is 11.4. The monoisotopic (exact) mass is 574 g/mol. The Labute approximate surface area is 261 Å². The number of hydrogen-bond acceptors (Lipinski definition) is 3. The Kier molecular flexibility index (Phi) is 5.82. The van der Waals surface area contributed by atoms with Crippen LogP contribution in [0.15, 0.2) is 158 Å². The molecule has 0 N–H and O–H groups in total. The molecular weight excluding hydrogens is 548 g/mol. The number of nitrogens with zero attached hydrogens (tertiary/aromatic N) is 2. The summed E-state index contributed by atoms with van der Waals surface area (Å²) in [6.45, 7) is 0. The molecule has 3 heteroatoms. The molecule has 0 saturated carbocycles. The summed E-state index contributed by atoms with van der Waals surface area (Å²) in [6, 6.07) is 55.0. The van der Waals surface area contributed by atoms with Gasteiger partial charge in [0.2, 0.25) is 0 Å². The van der Waals surface area contributed by atoms with Crippen LogP contribution in [0.3, 0.4) is 0 Å². The van der Waals surface area contributed by atoms with E-state index in [1.807, 2.05) is 36.4 Å². The lowest BCUT2D eigenvalue weighted by atomic mass is 9.93. The zero-order valence-corrected chi connectivity index (χ0v) is 24.3. The zero-order chi connectivity index (χ0) is 29.7. The van der Waals surface area contributed by atoms with Crippen LogP contribution in [-0.2, 0) is 0 Å². The van der Waals surface area contributed by atoms with Crippen molar-refractivity contribution in [2.75, 3.05) is 0 Å². The summed E-state index contributed by atoms with van der Waals surface area (Å²) >= 11 is 0. The molecule has 0 unspecified atom stereocenters. The SMILES string of the molecule is c1ccc(-c2ccc3cc(-c4cc(-c5ccc6c(c5)-c5cccc7cccc(c57)O6)nc(-c5ccccc5)n4)ccc3c2)cc1. The van der Waals surface area contributed by atoms with Crippen LogP contribution in [0.1, 0.15) is 0 Å². The van der Waals surface area contributed by atoms with Crippen LogP contribution in [0.4, 0.5) is 0 Å². The molecule has 1 aromatic heterocycles. The standard InChI is InChI=1S/C42H26N2O/c1-3-9-27(10-4-1)30-17-18-32-24-33(20-19-31(32)23-30)37-26-38(44-42(43-37)29-11-5-2-6-12-29)34-21-22-39-36(25-34)35-15-7-13-28-14-8-16-40(45-39)41(28)35/h1-26H. The number of ether oxygens (including phenoxy) is 1. The van der Waals surface area contributed by atoms with Crippen LogP contribution < -0.4 is 4.74 Å². The molecule has 2 heterocycles. The lowest BCUT2D eigenvalue weighted by Crippen LogP contribution is -1.99.